The fourth-order valence-electron chi connectivity index (χ4n) is 2.92. The molecule has 6 nitrogen and oxygen atoms in total. The number of halogens is 2. The van der Waals surface area contributed by atoms with Crippen molar-refractivity contribution in [3.63, 3.8) is 0 Å². The summed E-state index contributed by atoms with van der Waals surface area (Å²) in [6.45, 7) is 1.49. The SMILES string of the molecule is C[C@@H](C(=O)Nc1cc(Cl)ccc1Cl)N(c1ccc(Oc2ccccc2)cc1)S(C)(=O)=O. The van der Waals surface area contributed by atoms with E-state index in [1.54, 1.807) is 36.4 Å². The molecule has 0 spiro atoms. The highest BCUT2D eigenvalue weighted by Crippen LogP contribution is 2.29. The molecule has 3 rings (SSSR count). The Bertz CT molecular complexity index is 1170. The lowest BCUT2D eigenvalue weighted by atomic mass is 10.2. The van der Waals surface area contributed by atoms with Gasteiger partial charge < -0.3 is 10.1 Å². The van der Waals surface area contributed by atoms with E-state index in [4.69, 9.17) is 27.9 Å². The van der Waals surface area contributed by atoms with Crippen molar-refractivity contribution in [3.8, 4) is 11.5 Å². The number of hydrogen-bond donors (Lipinski definition) is 1. The molecule has 1 N–H and O–H groups in total. The van der Waals surface area contributed by atoms with Gasteiger partial charge in [-0.25, -0.2) is 8.42 Å². The Hall–Kier alpha value is -2.74. The molecule has 1 amide bonds. The predicted molar refractivity (Wildman–Crippen MR) is 125 cm³/mol. The molecule has 0 unspecified atom stereocenters. The largest absolute Gasteiger partial charge is 0.457 e. The van der Waals surface area contributed by atoms with Crippen LogP contribution in [0.4, 0.5) is 11.4 Å². The average molecular weight is 479 g/mol. The van der Waals surface area contributed by atoms with Crippen LogP contribution in [-0.4, -0.2) is 26.6 Å². The molecule has 0 saturated carbocycles. The molecule has 0 radical (unpaired) electrons. The van der Waals surface area contributed by atoms with Gasteiger partial charge in [0.25, 0.3) is 0 Å². The number of anilines is 2. The molecule has 0 aliphatic carbocycles. The minimum absolute atomic E-state index is 0.290. The maximum atomic E-state index is 12.8. The zero-order chi connectivity index (χ0) is 22.6. The summed E-state index contributed by atoms with van der Waals surface area (Å²) in [4.78, 5) is 12.8. The lowest BCUT2D eigenvalue weighted by molar-refractivity contribution is -0.116. The molecular formula is C22H20Cl2N2O4S. The van der Waals surface area contributed by atoms with Crippen LogP contribution in [0.1, 0.15) is 6.92 Å². The molecule has 0 aliphatic rings. The van der Waals surface area contributed by atoms with E-state index in [1.807, 2.05) is 30.3 Å². The van der Waals surface area contributed by atoms with E-state index in [1.165, 1.54) is 13.0 Å². The highest BCUT2D eigenvalue weighted by molar-refractivity contribution is 7.92. The molecule has 0 bridgehead atoms. The Balaban J connectivity index is 1.82. The van der Waals surface area contributed by atoms with Gasteiger partial charge in [-0.05, 0) is 61.5 Å². The van der Waals surface area contributed by atoms with Gasteiger partial charge in [0.15, 0.2) is 0 Å². The molecular weight excluding hydrogens is 459 g/mol. The number of amides is 1. The maximum Gasteiger partial charge on any atom is 0.248 e. The van der Waals surface area contributed by atoms with E-state index < -0.39 is 22.0 Å². The van der Waals surface area contributed by atoms with E-state index >= 15 is 0 Å². The van der Waals surface area contributed by atoms with Gasteiger partial charge in [0.05, 0.1) is 22.7 Å². The summed E-state index contributed by atoms with van der Waals surface area (Å²) >= 11 is 12.1. The summed E-state index contributed by atoms with van der Waals surface area (Å²) in [6.07, 6.45) is 1.04. The number of para-hydroxylation sites is 1. The average Bonchev–Trinajstić information content (AvgIpc) is 2.72. The van der Waals surface area contributed by atoms with Gasteiger partial charge in [-0.15, -0.1) is 0 Å². The number of nitrogens with zero attached hydrogens (tertiary/aromatic N) is 1. The minimum atomic E-state index is -3.77. The predicted octanol–water partition coefficient (Wildman–Crippen LogP) is 5.58. The number of nitrogens with one attached hydrogen (secondary N) is 1. The quantitative estimate of drug-likeness (QED) is 0.480. The lowest BCUT2D eigenvalue weighted by Gasteiger charge is -2.28. The van der Waals surface area contributed by atoms with Crippen molar-refractivity contribution in [2.45, 2.75) is 13.0 Å². The molecule has 0 saturated heterocycles. The van der Waals surface area contributed by atoms with E-state index in [2.05, 4.69) is 5.32 Å². The Morgan fingerprint density at radius 3 is 2.19 bits per heavy atom. The Morgan fingerprint density at radius 1 is 0.968 bits per heavy atom. The molecule has 0 aromatic heterocycles. The molecule has 9 heteroatoms. The van der Waals surface area contributed by atoms with Crippen molar-refractivity contribution in [3.05, 3.63) is 82.8 Å². The zero-order valence-electron chi connectivity index (χ0n) is 16.7. The van der Waals surface area contributed by atoms with Crippen LogP contribution in [0.15, 0.2) is 72.8 Å². The zero-order valence-corrected chi connectivity index (χ0v) is 19.1. The Labute approximate surface area is 191 Å². The smallest absolute Gasteiger partial charge is 0.248 e. The van der Waals surface area contributed by atoms with Gasteiger partial charge >= 0.3 is 0 Å². The van der Waals surface area contributed by atoms with Gasteiger partial charge in [-0.2, -0.15) is 0 Å². The maximum absolute atomic E-state index is 12.8. The fraction of sp³-hybridized carbons (Fsp3) is 0.136. The standard InChI is InChI=1S/C22H20Cl2N2O4S/c1-15(22(27)25-21-14-16(23)8-13-20(21)24)26(31(2,28)29)17-9-11-19(12-10-17)30-18-6-4-3-5-7-18/h3-15H,1-2H3,(H,25,27)/t15-/m0/s1. The van der Waals surface area contributed by atoms with Crippen LogP contribution in [-0.2, 0) is 14.8 Å². The van der Waals surface area contributed by atoms with Crippen molar-refractivity contribution in [2.24, 2.45) is 0 Å². The number of ether oxygens (including phenoxy) is 1. The van der Waals surface area contributed by atoms with E-state index in [9.17, 15) is 13.2 Å². The molecule has 0 heterocycles. The van der Waals surface area contributed by atoms with Crippen LogP contribution in [0.2, 0.25) is 10.0 Å². The fourth-order valence-corrected chi connectivity index (χ4v) is 4.44. The van der Waals surface area contributed by atoms with Gasteiger partial charge in [0.1, 0.15) is 17.5 Å². The normalized spacial score (nSPS) is 12.1. The van der Waals surface area contributed by atoms with Crippen molar-refractivity contribution in [1.29, 1.82) is 0 Å². The topological polar surface area (TPSA) is 75.7 Å². The molecule has 31 heavy (non-hydrogen) atoms. The number of carbonyl (C=O) groups excluding carboxylic acids is 1. The number of hydrogen-bond acceptors (Lipinski definition) is 4. The third kappa shape index (κ3) is 5.91. The van der Waals surface area contributed by atoms with E-state index in [0.29, 0.717) is 32.9 Å². The molecule has 3 aromatic rings. The summed E-state index contributed by atoms with van der Waals surface area (Å²) in [6, 6.07) is 19.2. The first-order valence-corrected chi connectivity index (χ1v) is 11.8. The minimum Gasteiger partial charge on any atom is -0.457 e. The number of carbonyl (C=O) groups is 1. The van der Waals surface area contributed by atoms with Crippen molar-refractivity contribution >= 4 is 50.5 Å². The lowest BCUT2D eigenvalue weighted by Crippen LogP contribution is -2.45. The van der Waals surface area contributed by atoms with Crippen LogP contribution in [0.5, 0.6) is 11.5 Å². The first-order valence-electron chi connectivity index (χ1n) is 9.23. The molecule has 0 aliphatic heterocycles. The van der Waals surface area contributed by atoms with Gasteiger partial charge in [-0.1, -0.05) is 41.4 Å². The summed E-state index contributed by atoms with van der Waals surface area (Å²) in [5.74, 6) is 0.631. The van der Waals surface area contributed by atoms with Crippen LogP contribution in [0.3, 0.4) is 0 Å². The monoisotopic (exact) mass is 478 g/mol. The molecule has 1 atom stereocenters. The summed E-state index contributed by atoms with van der Waals surface area (Å²) in [7, 11) is -3.77. The van der Waals surface area contributed by atoms with E-state index in [0.717, 1.165) is 10.6 Å². The van der Waals surface area contributed by atoms with Gasteiger partial charge in [-0.3, -0.25) is 9.10 Å². The summed E-state index contributed by atoms with van der Waals surface area (Å²) in [5.41, 5.74) is 0.619. The van der Waals surface area contributed by atoms with Crippen LogP contribution in [0.25, 0.3) is 0 Å². The Morgan fingerprint density at radius 2 is 1.58 bits per heavy atom. The highest BCUT2D eigenvalue weighted by Gasteiger charge is 2.29. The van der Waals surface area contributed by atoms with Crippen molar-refractivity contribution in [2.75, 3.05) is 15.9 Å². The van der Waals surface area contributed by atoms with Crippen molar-refractivity contribution < 1.29 is 17.9 Å². The third-order valence-corrected chi connectivity index (χ3v) is 6.15. The van der Waals surface area contributed by atoms with Crippen LogP contribution in [0, 0.1) is 0 Å². The first-order chi connectivity index (χ1) is 14.6. The number of benzene rings is 3. The second-order valence-electron chi connectivity index (χ2n) is 6.76. The van der Waals surface area contributed by atoms with Crippen LogP contribution < -0.4 is 14.4 Å². The molecule has 3 aromatic carbocycles. The second-order valence-corrected chi connectivity index (χ2v) is 9.46. The van der Waals surface area contributed by atoms with Gasteiger partial charge in [0, 0.05) is 5.02 Å². The van der Waals surface area contributed by atoms with E-state index in [-0.39, 0.29) is 0 Å². The first kappa shape index (κ1) is 22.9. The Kier molecular flexibility index (Phi) is 7.10. The number of rotatable bonds is 7. The third-order valence-electron chi connectivity index (χ3n) is 4.34. The van der Waals surface area contributed by atoms with Gasteiger partial charge in [0.2, 0.25) is 15.9 Å². The molecule has 0 fully saturated rings. The molecule has 162 valence electrons. The van der Waals surface area contributed by atoms with Crippen LogP contribution >= 0.6 is 23.2 Å². The van der Waals surface area contributed by atoms with Crippen molar-refractivity contribution in [1.82, 2.24) is 0 Å². The summed E-state index contributed by atoms with van der Waals surface area (Å²) < 4.78 is 31.8. The second kappa shape index (κ2) is 9.60. The number of sulfonamides is 1. The highest BCUT2D eigenvalue weighted by atomic mass is 35.5. The summed E-state index contributed by atoms with van der Waals surface area (Å²) in [5, 5.41) is 3.31.